The Kier molecular flexibility index (Phi) is 7.94. The van der Waals surface area contributed by atoms with E-state index in [4.69, 9.17) is 4.74 Å². The first-order valence-electron chi connectivity index (χ1n) is 10.6. The van der Waals surface area contributed by atoms with Crippen LogP contribution in [0.4, 0.5) is 14.5 Å². The van der Waals surface area contributed by atoms with E-state index in [0.29, 0.717) is 22.8 Å². The van der Waals surface area contributed by atoms with Gasteiger partial charge in [-0.1, -0.05) is 42.1 Å². The van der Waals surface area contributed by atoms with Crippen LogP contribution in [0.1, 0.15) is 11.1 Å². The average molecular weight is 497 g/mol. The van der Waals surface area contributed by atoms with Crippen LogP contribution >= 0.6 is 11.8 Å². The summed E-state index contributed by atoms with van der Waals surface area (Å²) in [6.45, 7) is -2.94. The number of hydrogen-bond acceptors (Lipinski definition) is 6. The number of nitrogens with zero attached hydrogens (tertiary/aromatic N) is 3. The van der Waals surface area contributed by atoms with E-state index in [-0.39, 0.29) is 17.4 Å². The predicted molar refractivity (Wildman–Crippen MR) is 130 cm³/mol. The van der Waals surface area contributed by atoms with Gasteiger partial charge in [0, 0.05) is 23.4 Å². The summed E-state index contributed by atoms with van der Waals surface area (Å²) in [6, 6.07) is 21.4. The van der Waals surface area contributed by atoms with E-state index in [2.05, 4.69) is 20.3 Å². The zero-order valence-electron chi connectivity index (χ0n) is 18.7. The molecule has 4 rings (SSSR count). The lowest BCUT2D eigenvalue weighted by atomic mass is 10.0. The van der Waals surface area contributed by atoms with Gasteiger partial charge in [-0.25, -0.2) is 0 Å². The zero-order valence-corrected chi connectivity index (χ0v) is 19.5. The van der Waals surface area contributed by atoms with Crippen molar-refractivity contribution in [3.63, 3.8) is 0 Å². The maximum atomic E-state index is 12.9. The Morgan fingerprint density at radius 1 is 1.09 bits per heavy atom. The summed E-state index contributed by atoms with van der Waals surface area (Å²) in [6.07, 6.45) is 1.95. The van der Waals surface area contributed by atoms with Crippen molar-refractivity contribution in [1.29, 1.82) is 0 Å². The number of nitrogens with one attached hydrogen (secondary N) is 1. The van der Waals surface area contributed by atoms with Crippen LogP contribution in [0.5, 0.6) is 11.5 Å². The van der Waals surface area contributed by atoms with E-state index < -0.39 is 6.61 Å². The standard InChI is InChI=1S/C25H22F2N4O3S/c1-33-21-10-8-20(9-11-21)31-16-28-30-25(31)35-15-23(32)29-19-7-12-22(34-24(26)27)18(14-19)13-17-5-3-2-4-6-17/h2-12,14,16,24H,13,15H2,1H3,(H,29,32). The fraction of sp³-hybridized carbons (Fsp3) is 0.160. The van der Waals surface area contributed by atoms with Crippen molar-refractivity contribution in [2.45, 2.75) is 18.2 Å². The molecular weight excluding hydrogens is 474 g/mol. The minimum atomic E-state index is -2.94. The minimum Gasteiger partial charge on any atom is -0.497 e. The monoisotopic (exact) mass is 496 g/mol. The molecule has 0 saturated heterocycles. The van der Waals surface area contributed by atoms with Gasteiger partial charge in [0.25, 0.3) is 0 Å². The second kappa shape index (κ2) is 11.5. The van der Waals surface area contributed by atoms with Gasteiger partial charge in [0.05, 0.1) is 12.9 Å². The highest BCUT2D eigenvalue weighted by molar-refractivity contribution is 7.99. The number of ether oxygens (including phenoxy) is 2. The van der Waals surface area contributed by atoms with Gasteiger partial charge in [-0.2, -0.15) is 8.78 Å². The molecule has 1 N–H and O–H groups in total. The third kappa shape index (κ3) is 6.57. The molecule has 0 saturated carbocycles. The largest absolute Gasteiger partial charge is 0.497 e. The first-order valence-corrected chi connectivity index (χ1v) is 11.6. The molecule has 0 atom stereocenters. The third-order valence-corrected chi connectivity index (χ3v) is 5.94. The first kappa shape index (κ1) is 24.2. The Morgan fingerprint density at radius 2 is 1.86 bits per heavy atom. The van der Waals surface area contributed by atoms with Gasteiger partial charge < -0.3 is 14.8 Å². The summed E-state index contributed by atoms with van der Waals surface area (Å²) >= 11 is 1.23. The summed E-state index contributed by atoms with van der Waals surface area (Å²) in [5, 5.41) is 11.4. The van der Waals surface area contributed by atoms with Crippen LogP contribution in [-0.2, 0) is 11.2 Å². The molecule has 0 aliphatic heterocycles. The van der Waals surface area contributed by atoms with Gasteiger partial charge in [-0.3, -0.25) is 9.36 Å². The molecule has 0 fully saturated rings. The SMILES string of the molecule is COc1ccc(-n2cnnc2SCC(=O)Nc2ccc(OC(F)F)c(Cc3ccccc3)c2)cc1. The Bertz CT molecular complexity index is 1270. The van der Waals surface area contributed by atoms with Gasteiger partial charge in [0.2, 0.25) is 5.91 Å². The van der Waals surface area contributed by atoms with Gasteiger partial charge in [0.15, 0.2) is 5.16 Å². The highest BCUT2D eigenvalue weighted by Crippen LogP contribution is 2.28. The zero-order chi connectivity index (χ0) is 24.6. The Balaban J connectivity index is 1.43. The molecule has 0 unspecified atom stereocenters. The molecule has 0 radical (unpaired) electrons. The van der Waals surface area contributed by atoms with Gasteiger partial charge in [-0.05, 0) is 48.0 Å². The van der Waals surface area contributed by atoms with Gasteiger partial charge in [-0.15, -0.1) is 10.2 Å². The maximum Gasteiger partial charge on any atom is 0.387 e. The number of alkyl halides is 2. The van der Waals surface area contributed by atoms with Crippen molar-refractivity contribution in [3.05, 3.63) is 90.3 Å². The fourth-order valence-electron chi connectivity index (χ4n) is 3.39. The van der Waals surface area contributed by atoms with Crippen molar-refractivity contribution in [2.24, 2.45) is 0 Å². The molecule has 0 aliphatic rings. The fourth-order valence-corrected chi connectivity index (χ4v) is 4.12. The number of methoxy groups -OCH3 is 1. The lowest BCUT2D eigenvalue weighted by molar-refractivity contribution is -0.113. The number of rotatable bonds is 10. The maximum absolute atomic E-state index is 12.9. The number of carbonyl (C=O) groups is 1. The van der Waals surface area contributed by atoms with E-state index in [1.807, 2.05) is 54.6 Å². The summed E-state index contributed by atoms with van der Waals surface area (Å²) in [4.78, 5) is 12.6. The van der Waals surface area contributed by atoms with E-state index in [9.17, 15) is 13.6 Å². The Hall–Kier alpha value is -3.92. The number of anilines is 1. The number of hydrogen-bond donors (Lipinski definition) is 1. The molecule has 35 heavy (non-hydrogen) atoms. The number of carbonyl (C=O) groups excluding carboxylic acids is 1. The van der Waals surface area contributed by atoms with Crippen molar-refractivity contribution in [3.8, 4) is 17.2 Å². The highest BCUT2D eigenvalue weighted by atomic mass is 32.2. The van der Waals surface area contributed by atoms with Crippen molar-refractivity contribution < 1.29 is 23.0 Å². The topological polar surface area (TPSA) is 78.3 Å². The number of aromatic nitrogens is 3. The van der Waals surface area contributed by atoms with E-state index >= 15 is 0 Å². The average Bonchev–Trinajstić information content (AvgIpc) is 3.33. The summed E-state index contributed by atoms with van der Waals surface area (Å²) in [5.74, 6) is 0.612. The van der Waals surface area contributed by atoms with E-state index in [1.165, 1.54) is 23.9 Å². The summed E-state index contributed by atoms with van der Waals surface area (Å²) in [7, 11) is 1.59. The predicted octanol–water partition coefficient (Wildman–Crippen LogP) is 5.20. The normalized spacial score (nSPS) is 10.9. The molecule has 7 nitrogen and oxygen atoms in total. The minimum absolute atomic E-state index is 0.0730. The van der Waals surface area contributed by atoms with Crippen LogP contribution in [0.2, 0.25) is 0 Å². The second-order valence-electron chi connectivity index (χ2n) is 7.38. The molecule has 180 valence electrons. The van der Waals surface area contributed by atoms with Crippen LogP contribution in [0.15, 0.2) is 84.3 Å². The molecule has 10 heteroatoms. The smallest absolute Gasteiger partial charge is 0.387 e. The Morgan fingerprint density at radius 3 is 2.57 bits per heavy atom. The van der Waals surface area contributed by atoms with Crippen molar-refractivity contribution in [1.82, 2.24) is 14.8 Å². The lowest BCUT2D eigenvalue weighted by Gasteiger charge is -2.13. The molecule has 4 aromatic rings. The molecule has 0 bridgehead atoms. The molecular formula is C25H22F2N4O3S. The molecule has 1 heterocycles. The van der Waals surface area contributed by atoms with Crippen LogP contribution in [-0.4, -0.2) is 40.1 Å². The molecule has 0 spiro atoms. The van der Waals surface area contributed by atoms with Gasteiger partial charge >= 0.3 is 6.61 Å². The van der Waals surface area contributed by atoms with E-state index in [1.54, 1.807) is 24.1 Å². The Labute approximate surface area is 205 Å². The van der Waals surface area contributed by atoms with Crippen molar-refractivity contribution in [2.75, 3.05) is 18.2 Å². The molecule has 1 amide bonds. The quantitative estimate of drug-likeness (QED) is 0.304. The van der Waals surface area contributed by atoms with Gasteiger partial charge in [0.1, 0.15) is 17.8 Å². The van der Waals surface area contributed by atoms with Crippen LogP contribution < -0.4 is 14.8 Å². The number of amides is 1. The van der Waals surface area contributed by atoms with Crippen molar-refractivity contribution >= 4 is 23.4 Å². The van der Waals surface area contributed by atoms with E-state index in [0.717, 1.165) is 17.0 Å². The van der Waals surface area contributed by atoms with Crippen LogP contribution in [0.3, 0.4) is 0 Å². The number of thioether (sulfide) groups is 1. The highest BCUT2D eigenvalue weighted by Gasteiger charge is 2.14. The molecule has 0 aliphatic carbocycles. The van der Waals surface area contributed by atoms with Crippen LogP contribution in [0, 0.1) is 0 Å². The lowest BCUT2D eigenvalue weighted by Crippen LogP contribution is -2.15. The summed E-state index contributed by atoms with van der Waals surface area (Å²) < 4.78 is 37.3. The number of halogens is 2. The third-order valence-electron chi connectivity index (χ3n) is 5.00. The molecule has 1 aromatic heterocycles. The number of benzene rings is 3. The molecule has 3 aromatic carbocycles. The first-order chi connectivity index (χ1) is 17.0. The summed E-state index contributed by atoms with van der Waals surface area (Å²) in [5.41, 5.74) is 2.79. The second-order valence-corrected chi connectivity index (χ2v) is 8.32. The van der Waals surface area contributed by atoms with Crippen LogP contribution in [0.25, 0.3) is 5.69 Å².